The highest BCUT2D eigenvalue weighted by atomic mass is 15.3. The molecule has 1 saturated heterocycles. The zero-order valence-electron chi connectivity index (χ0n) is 15.8. The van der Waals surface area contributed by atoms with Crippen LogP contribution in [0.15, 0.2) is 36.7 Å². The minimum Gasteiger partial charge on any atom is -0.350 e. The van der Waals surface area contributed by atoms with Crippen molar-refractivity contribution in [3.8, 4) is 0 Å². The van der Waals surface area contributed by atoms with Gasteiger partial charge >= 0.3 is 0 Å². The lowest BCUT2D eigenvalue weighted by molar-refractivity contribution is 0.197. The summed E-state index contributed by atoms with van der Waals surface area (Å²) >= 11 is 0. The highest BCUT2D eigenvalue weighted by molar-refractivity contribution is 5.74. The van der Waals surface area contributed by atoms with E-state index >= 15 is 0 Å². The molecule has 0 atom stereocenters. The number of hydrogen-bond donors (Lipinski definition) is 1. The molecule has 140 valence electrons. The van der Waals surface area contributed by atoms with E-state index < -0.39 is 0 Å². The highest BCUT2D eigenvalue weighted by Crippen LogP contribution is 2.35. The van der Waals surface area contributed by atoms with Gasteiger partial charge in [-0.05, 0) is 44.7 Å². The molecular weight excluding hydrogens is 336 g/mol. The second-order valence-electron chi connectivity index (χ2n) is 7.86. The van der Waals surface area contributed by atoms with Crippen molar-refractivity contribution in [2.45, 2.75) is 51.2 Å². The van der Waals surface area contributed by atoms with E-state index in [1.807, 2.05) is 13.0 Å². The number of aryl methyl sites for hydroxylation is 1. The summed E-state index contributed by atoms with van der Waals surface area (Å²) in [5.41, 5.74) is 3.23. The number of nitrogens with one attached hydrogen (secondary N) is 1. The van der Waals surface area contributed by atoms with Crippen LogP contribution in [0, 0.1) is 6.92 Å². The van der Waals surface area contributed by atoms with Crippen LogP contribution in [0.25, 0.3) is 11.0 Å². The molecule has 0 radical (unpaired) electrons. The first-order valence-corrected chi connectivity index (χ1v) is 9.99. The number of imidazole rings is 1. The minimum absolute atomic E-state index is 0.582. The fourth-order valence-electron chi connectivity index (χ4n) is 4.25. The molecule has 3 aromatic rings. The predicted molar refractivity (Wildman–Crippen MR) is 107 cm³/mol. The van der Waals surface area contributed by atoms with E-state index in [0.717, 1.165) is 48.0 Å². The summed E-state index contributed by atoms with van der Waals surface area (Å²) in [5, 5.41) is 0. The average Bonchev–Trinajstić information content (AvgIpc) is 3.42. The van der Waals surface area contributed by atoms with E-state index in [-0.39, 0.29) is 0 Å². The van der Waals surface area contributed by atoms with Crippen LogP contribution >= 0.6 is 0 Å². The Labute approximate surface area is 159 Å². The molecule has 27 heavy (non-hydrogen) atoms. The van der Waals surface area contributed by atoms with E-state index in [0.29, 0.717) is 12.1 Å². The second kappa shape index (κ2) is 6.93. The van der Waals surface area contributed by atoms with Crippen LogP contribution in [0.1, 0.15) is 37.2 Å². The van der Waals surface area contributed by atoms with Crippen LogP contribution in [0.2, 0.25) is 0 Å². The number of piperidine rings is 1. The van der Waals surface area contributed by atoms with Gasteiger partial charge in [0.15, 0.2) is 0 Å². The third-order valence-corrected chi connectivity index (χ3v) is 5.76. The smallest absolute Gasteiger partial charge is 0.132 e. The van der Waals surface area contributed by atoms with Gasteiger partial charge in [0, 0.05) is 36.9 Å². The number of aromatic amines is 1. The van der Waals surface area contributed by atoms with Crippen molar-refractivity contribution in [2.75, 3.05) is 18.0 Å². The van der Waals surface area contributed by atoms with Gasteiger partial charge in [-0.15, -0.1) is 0 Å². The number of nitrogens with zero attached hydrogens (tertiary/aromatic N) is 5. The largest absolute Gasteiger partial charge is 0.350 e. The maximum atomic E-state index is 4.73. The monoisotopic (exact) mass is 362 g/mol. The molecule has 0 amide bonds. The number of benzene rings is 1. The number of para-hydroxylation sites is 2. The van der Waals surface area contributed by atoms with Gasteiger partial charge in [0.1, 0.15) is 18.0 Å². The normalized spacial score (nSPS) is 18.9. The third-order valence-electron chi connectivity index (χ3n) is 5.76. The molecule has 1 aromatic carbocycles. The first kappa shape index (κ1) is 16.7. The van der Waals surface area contributed by atoms with E-state index in [9.17, 15) is 0 Å². The lowest BCUT2D eigenvalue weighted by atomic mass is 10.0. The Bertz CT molecular complexity index is 890. The Morgan fingerprint density at radius 3 is 2.59 bits per heavy atom. The molecule has 2 aromatic heterocycles. The Balaban J connectivity index is 1.25. The topological polar surface area (TPSA) is 60.9 Å². The lowest BCUT2D eigenvalue weighted by Gasteiger charge is -2.39. The maximum absolute atomic E-state index is 4.73. The molecule has 1 aliphatic carbocycles. The average molecular weight is 362 g/mol. The summed E-state index contributed by atoms with van der Waals surface area (Å²) in [5.74, 6) is 2.18. The molecule has 0 bridgehead atoms. The van der Waals surface area contributed by atoms with Gasteiger partial charge in [-0.3, -0.25) is 4.90 Å². The molecule has 6 heteroatoms. The van der Waals surface area contributed by atoms with Crippen molar-refractivity contribution >= 4 is 16.9 Å². The number of aromatic nitrogens is 4. The number of rotatable bonds is 5. The number of hydrogen-bond acceptors (Lipinski definition) is 5. The molecular formula is C21H26N6. The van der Waals surface area contributed by atoms with Crippen LogP contribution in [0.4, 0.5) is 5.82 Å². The number of likely N-dealkylation sites (tertiary alicyclic amines) is 1. The molecule has 3 heterocycles. The summed E-state index contributed by atoms with van der Waals surface area (Å²) in [6.45, 7) is 5.16. The number of anilines is 1. The fourth-order valence-corrected chi connectivity index (χ4v) is 4.25. The number of fused-ring (bicyclic) bond motifs is 1. The van der Waals surface area contributed by atoms with E-state index in [4.69, 9.17) is 4.98 Å². The van der Waals surface area contributed by atoms with E-state index in [1.165, 1.54) is 25.7 Å². The van der Waals surface area contributed by atoms with Gasteiger partial charge in [-0.2, -0.15) is 0 Å². The number of H-pyrrole nitrogens is 1. The van der Waals surface area contributed by atoms with Gasteiger partial charge < -0.3 is 9.88 Å². The molecule has 1 aliphatic heterocycles. The Morgan fingerprint density at radius 2 is 1.85 bits per heavy atom. The second-order valence-corrected chi connectivity index (χ2v) is 7.86. The van der Waals surface area contributed by atoms with Crippen LogP contribution in [0.5, 0.6) is 0 Å². The van der Waals surface area contributed by atoms with Gasteiger partial charge in [-0.25, -0.2) is 15.0 Å². The van der Waals surface area contributed by atoms with Crippen molar-refractivity contribution in [1.82, 2.24) is 24.8 Å². The first-order chi connectivity index (χ1) is 13.3. The summed E-state index contributed by atoms with van der Waals surface area (Å²) in [6.07, 6.45) is 6.65. The van der Waals surface area contributed by atoms with Gasteiger partial charge in [-0.1, -0.05) is 12.1 Å². The fraction of sp³-hybridized carbons (Fsp3) is 0.476. The van der Waals surface area contributed by atoms with Crippen molar-refractivity contribution in [1.29, 1.82) is 0 Å². The molecule has 6 nitrogen and oxygen atoms in total. The lowest BCUT2D eigenvalue weighted by Crippen LogP contribution is -2.46. The molecule has 1 saturated carbocycles. The quantitative estimate of drug-likeness (QED) is 0.755. The molecule has 2 aliphatic rings. The first-order valence-electron chi connectivity index (χ1n) is 9.99. The van der Waals surface area contributed by atoms with Crippen molar-refractivity contribution in [3.05, 3.63) is 48.2 Å². The molecule has 0 unspecified atom stereocenters. The van der Waals surface area contributed by atoms with Crippen molar-refractivity contribution in [3.63, 3.8) is 0 Å². The van der Waals surface area contributed by atoms with Crippen LogP contribution < -0.4 is 4.90 Å². The zero-order valence-corrected chi connectivity index (χ0v) is 15.8. The van der Waals surface area contributed by atoms with Crippen molar-refractivity contribution in [2.24, 2.45) is 0 Å². The van der Waals surface area contributed by atoms with E-state index in [1.54, 1.807) is 6.33 Å². The Hall–Kier alpha value is -2.47. The Morgan fingerprint density at radius 1 is 1.07 bits per heavy atom. The standard InChI is InChI=1S/C21H26N6/c1-15-12-21(23-14-22-15)27(16-6-7-16)17-8-10-26(11-9-17)13-20-24-18-4-2-3-5-19(18)25-20/h2-5,12,14,16-17H,6-11,13H2,1H3,(H,24,25). The Kier molecular flexibility index (Phi) is 4.28. The molecule has 5 rings (SSSR count). The summed E-state index contributed by atoms with van der Waals surface area (Å²) in [6, 6.07) is 11.6. The van der Waals surface area contributed by atoms with Crippen molar-refractivity contribution < 1.29 is 0 Å². The highest BCUT2D eigenvalue weighted by Gasteiger charge is 2.36. The van der Waals surface area contributed by atoms with Gasteiger partial charge in [0.2, 0.25) is 0 Å². The summed E-state index contributed by atoms with van der Waals surface area (Å²) in [7, 11) is 0. The summed E-state index contributed by atoms with van der Waals surface area (Å²) in [4.78, 5) is 22.1. The zero-order chi connectivity index (χ0) is 18.2. The maximum Gasteiger partial charge on any atom is 0.132 e. The van der Waals surface area contributed by atoms with Gasteiger partial charge in [0.05, 0.1) is 17.6 Å². The van der Waals surface area contributed by atoms with E-state index in [2.05, 4.69) is 49.0 Å². The third kappa shape index (κ3) is 3.54. The molecule has 1 N–H and O–H groups in total. The van der Waals surface area contributed by atoms with Crippen LogP contribution in [0.3, 0.4) is 0 Å². The summed E-state index contributed by atoms with van der Waals surface area (Å²) < 4.78 is 0. The minimum atomic E-state index is 0.582. The molecule has 2 fully saturated rings. The molecule has 0 spiro atoms. The predicted octanol–water partition coefficient (Wildman–Crippen LogP) is 3.29. The van der Waals surface area contributed by atoms with Gasteiger partial charge in [0.25, 0.3) is 0 Å². The van der Waals surface area contributed by atoms with Crippen LogP contribution in [-0.4, -0.2) is 50.0 Å². The SMILES string of the molecule is Cc1cc(N(C2CC2)C2CCN(Cc3nc4ccccc4[nH]3)CC2)ncn1. The van der Waals surface area contributed by atoms with Crippen LogP contribution in [-0.2, 0) is 6.54 Å².